The van der Waals surface area contributed by atoms with E-state index in [1.165, 1.54) is 31.5 Å². The Morgan fingerprint density at radius 1 is 1.15 bits per heavy atom. The molecule has 0 aliphatic carbocycles. The molecule has 2 aromatic rings. The Labute approximate surface area is 122 Å². The Morgan fingerprint density at radius 2 is 1.95 bits per heavy atom. The number of hydrogen-bond donors (Lipinski definition) is 0. The molecule has 5 rings (SSSR count). The molecule has 5 heterocycles. The summed E-state index contributed by atoms with van der Waals surface area (Å²) in [5.74, 6) is 0.681. The van der Waals surface area contributed by atoms with E-state index in [-0.39, 0.29) is 6.10 Å². The predicted octanol–water partition coefficient (Wildman–Crippen LogP) is 2.68. The molecule has 1 atom stereocenters. The van der Waals surface area contributed by atoms with E-state index in [1.807, 2.05) is 12.4 Å². The standard InChI is InChI=1S/C15H17N3OS/c1-4-18-5-2-11(1)14(9-18)19-15-16-7-13(8-17-15)12-3-6-20-10-12/h3,6-8,10-11,14H,1-2,4-5,9H2. The van der Waals surface area contributed by atoms with Gasteiger partial charge in [-0.25, -0.2) is 9.97 Å². The van der Waals surface area contributed by atoms with Crippen molar-refractivity contribution in [3.8, 4) is 17.1 Å². The zero-order chi connectivity index (χ0) is 13.4. The lowest BCUT2D eigenvalue weighted by molar-refractivity contribution is -0.0123. The van der Waals surface area contributed by atoms with Crippen molar-refractivity contribution < 1.29 is 4.74 Å². The third kappa shape index (κ3) is 2.31. The van der Waals surface area contributed by atoms with E-state index in [1.54, 1.807) is 11.3 Å². The molecular formula is C15H17N3OS. The van der Waals surface area contributed by atoms with E-state index in [0.717, 1.165) is 12.1 Å². The van der Waals surface area contributed by atoms with Crippen LogP contribution in [0, 0.1) is 5.92 Å². The van der Waals surface area contributed by atoms with Gasteiger partial charge in [0.05, 0.1) is 0 Å². The molecule has 3 aliphatic rings. The highest BCUT2D eigenvalue weighted by Crippen LogP contribution is 2.30. The summed E-state index contributed by atoms with van der Waals surface area (Å²) >= 11 is 1.68. The van der Waals surface area contributed by atoms with Gasteiger partial charge in [-0.05, 0) is 54.2 Å². The van der Waals surface area contributed by atoms with Crippen LogP contribution in [0.1, 0.15) is 12.8 Å². The molecule has 3 fully saturated rings. The third-order valence-electron chi connectivity index (χ3n) is 4.34. The van der Waals surface area contributed by atoms with Crippen LogP contribution in [0.25, 0.3) is 11.1 Å². The fraction of sp³-hybridized carbons (Fsp3) is 0.467. The Kier molecular flexibility index (Phi) is 3.16. The zero-order valence-electron chi connectivity index (χ0n) is 11.2. The van der Waals surface area contributed by atoms with Crippen molar-refractivity contribution >= 4 is 11.3 Å². The molecule has 3 saturated heterocycles. The zero-order valence-corrected chi connectivity index (χ0v) is 12.1. The van der Waals surface area contributed by atoms with Gasteiger partial charge in [-0.2, -0.15) is 11.3 Å². The molecule has 0 aromatic carbocycles. The fourth-order valence-corrected chi connectivity index (χ4v) is 3.80. The summed E-state index contributed by atoms with van der Waals surface area (Å²) < 4.78 is 6.00. The first-order valence-electron chi connectivity index (χ1n) is 7.12. The van der Waals surface area contributed by atoms with Crippen LogP contribution in [0.15, 0.2) is 29.2 Å². The van der Waals surface area contributed by atoms with Gasteiger partial charge in [0.2, 0.25) is 0 Å². The number of nitrogens with zero attached hydrogens (tertiary/aromatic N) is 3. The van der Waals surface area contributed by atoms with E-state index in [0.29, 0.717) is 11.9 Å². The van der Waals surface area contributed by atoms with Crippen LogP contribution in [0.5, 0.6) is 6.01 Å². The maximum atomic E-state index is 6.00. The van der Waals surface area contributed by atoms with Gasteiger partial charge < -0.3 is 4.74 Å². The van der Waals surface area contributed by atoms with Crippen molar-refractivity contribution in [2.75, 3.05) is 19.6 Å². The summed E-state index contributed by atoms with van der Waals surface area (Å²) in [6.45, 7) is 3.48. The monoisotopic (exact) mass is 287 g/mol. The first-order chi connectivity index (χ1) is 9.88. The van der Waals surface area contributed by atoms with E-state index in [9.17, 15) is 0 Å². The summed E-state index contributed by atoms with van der Waals surface area (Å²) in [6, 6.07) is 2.60. The van der Waals surface area contributed by atoms with Crippen LogP contribution in [-0.4, -0.2) is 40.6 Å². The smallest absolute Gasteiger partial charge is 0.316 e. The summed E-state index contributed by atoms with van der Waals surface area (Å²) in [5.41, 5.74) is 2.22. The Bertz CT molecular complexity index is 561. The average Bonchev–Trinajstić information content (AvgIpc) is 3.04. The molecule has 0 N–H and O–H groups in total. The maximum Gasteiger partial charge on any atom is 0.316 e. The molecule has 4 nitrogen and oxygen atoms in total. The van der Waals surface area contributed by atoms with Crippen LogP contribution in [-0.2, 0) is 0 Å². The van der Waals surface area contributed by atoms with Crippen molar-refractivity contribution in [1.82, 2.24) is 14.9 Å². The average molecular weight is 287 g/mol. The lowest BCUT2D eigenvalue weighted by atomic mass is 9.86. The Morgan fingerprint density at radius 3 is 2.55 bits per heavy atom. The Hall–Kier alpha value is -1.46. The number of piperidine rings is 3. The van der Waals surface area contributed by atoms with Crippen molar-refractivity contribution in [2.24, 2.45) is 5.92 Å². The number of thiophene rings is 1. The molecule has 0 saturated carbocycles. The number of aromatic nitrogens is 2. The number of hydrogen-bond acceptors (Lipinski definition) is 5. The fourth-order valence-electron chi connectivity index (χ4n) is 3.13. The molecular weight excluding hydrogens is 270 g/mol. The van der Waals surface area contributed by atoms with Crippen LogP contribution >= 0.6 is 11.3 Å². The van der Waals surface area contributed by atoms with Gasteiger partial charge in [0.25, 0.3) is 0 Å². The van der Waals surface area contributed by atoms with Gasteiger partial charge in [-0.15, -0.1) is 0 Å². The minimum Gasteiger partial charge on any atom is -0.458 e. The topological polar surface area (TPSA) is 38.2 Å². The van der Waals surface area contributed by atoms with E-state index < -0.39 is 0 Å². The van der Waals surface area contributed by atoms with Crippen LogP contribution < -0.4 is 4.74 Å². The minimum atomic E-state index is 0.268. The molecule has 1 unspecified atom stereocenters. The van der Waals surface area contributed by atoms with Gasteiger partial charge in [-0.1, -0.05) is 0 Å². The van der Waals surface area contributed by atoms with Crippen molar-refractivity contribution in [3.05, 3.63) is 29.2 Å². The molecule has 20 heavy (non-hydrogen) atoms. The minimum absolute atomic E-state index is 0.268. The highest BCUT2D eigenvalue weighted by molar-refractivity contribution is 7.08. The molecule has 104 valence electrons. The van der Waals surface area contributed by atoms with Gasteiger partial charge in [0.15, 0.2) is 0 Å². The Balaban J connectivity index is 1.47. The second kappa shape index (κ2) is 5.14. The normalized spacial score (nSPS) is 28.5. The second-order valence-electron chi connectivity index (χ2n) is 5.56. The molecule has 5 heteroatoms. The molecule has 0 radical (unpaired) electrons. The quantitative estimate of drug-likeness (QED) is 0.870. The number of ether oxygens (including phenoxy) is 1. The molecule has 2 aromatic heterocycles. The van der Waals surface area contributed by atoms with Crippen molar-refractivity contribution in [3.63, 3.8) is 0 Å². The molecule has 0 spiro atoms. The van der Waals surface area contributed by atoms with E-state index in [4.69, 9.17) is 4.74 Å². The summed E-state index contributed by atoms with van der Waals surface area (Å²) in [7, 11) is 0. The summed E-state index contributed by atoms with van der Waals surface area (Å²) in [5, 5.41) is 4.17. The number of rotatable bonds is 3. The van der Waals surface area contributed by atoms with Crippen LogP contribution in [0.2, 0.25) is 0 Å². The summed E-state index contributed by atoms with van der Waals surface area (Å²) in [6.07, 6.45) is 6.47. The lowest BCUT2D eigenvalue weighted by Gasteiger charge is -2.43. The van der Waals surface area contributed by atoms with Crippen LogP contribution in [0.3, 0.4) is 0 Å². The highest BCUT2D eigenvalue weighted by atomic mass is 32.1. The lowest BCUT2D eigenvalue weighted by Crippen LogP contribution is -2.52. The van der Waals surface area contributed by atoms with Crippen molar-refractivity contribution in [2.45, 2.75) is 18.9 Å². The summed E-state index contributed by atoms with van der Waals surface area (Å²) in [4.78, 5) is 11.2. The third-order valence-corrected chi connectivity index (χ3v) is 5.02. The molecule has 3 aliphatic heterocycles. The van der Waals surface area contributed by atoms with Gasteiger partial charge >= 0.3 is 6.01 Å². The maximum absolute atomic E-state index is 6.00. The van der Waals surface area contributed by atoms with E-state index >= 15 is 0 Å². The predicted molar refractivity (Wildman–Crippen MR) is 78.9 cm³/mol. The first kappa shape index (κ1) is 12.3. The molecule has 0 amide bonds. The highest BCUT2D eigenvalue weighted by Gasteiger charge is 2.35. The molecule has 2 bridgehead atoms. The number of fused-ring (bicyclic) bond motifs is 3. The largest absolute Gasteiger partial charge is 0.458 e. The van der Waals surface area contributed by atoms with Gasteiger partial charge in [0, 0.05) is 24.5 Å². The van der Waals surface area contributed by atoms with Gasteiger partial charge in [-0.3, -0.25) is 4.90 Å². The van der Waals surface area contributed by atoms with Crippen molar-refractivity contribution in [1.29, 1.82) is 0 Å². The van der Waals surface area contributed by atoms with Gasteiger partial charge in [0.1, 0.15) is 6.10 Å². The first-order valence-corrected chi connectivity index (χ1v) is 8.06. The van der Waals surface area contributed by atoms with E-state index in [2.05, 4.69) is 31.7 Å². The SMILES string of the molecule is c1cc(-c2cnc(OC3CN4CCC3CC4)nc2)cs1. The van der Waals surface area contributed by atoms with Crippen LogP contribution in [0.4, 0.5) is 0 Å². The second-order valence-corrected chi connectivity index (χ2v) is 6.34.